The number of benzene rings is 1. The van der Waals surface area contributed by atoms with Crippen molar-refractivity contribution in [2.45, 2.75) is 69.3 Å². The predicted molar refractivity (Wildman–Crippen MR) is 139 cm³/mol. The Morgan fingerprint density at radius 2 is 1.75 bits per heavy atom. The third kappa shape index (κ3) is 5.57. The molecule has 3 aliphatic rings. The zero-order valence-electron chi connectivity index (χ0n) is 20.7. The van der Waals surface area contributed by atoms with E-state index >= 15 is 0 Å². The van der Waals surface area contributed by atoms with Gasteiger partial charge in [0.15, 0.2) is 11.0 Å². The number of fused-ring (bicyclic) bond motifs is 1. The van der Waals surface area contributed by atoms with Crippen molar-refractivity contribution in [3.8, 4) is 0 Å². The number of nitrogens with one attached hydrogen (secondary N) is 1. The Labute approximate surface area is 217 Å². The van der Waals surface area contributed by atoms with Crippen LogP contribution in [0.5, 0.6) is 0 Å². The molecule has 2 saturated carbocycles. The Morgan fingerprint density at radius 1 is 1.00 bits per heavy atom. The fourth-order valence-electron chi connectivity index (χ4n) is 6.31. The first-order valence-electron chi connectivity index (χ1n) is 13.3. The first kappa shape index (κ1) is 25.2. The fraction of sp³-hybridized carbons (Fsp3) is 0.571. The summed E-state index contributed by atoms with van der Waals surface area (Å²) in [6.45, 7) is 2.00. The number of anilines is 1. The maximum absolute atomic E-state index is 13.7. The van der Waals surface area contributed by atoms with E-state index in [-0.39, 0.29) is 18.0 Å². The molecule has 36 heavy (non-hydrogen) atoms. The fourth-order valence-corrected chi connectivity index (χ4v) is 6.41. The van der Waals surface area contributed by atoms with Crippen LogP contribution in [0.1, 0.15) is 63.4 Å². The van der Waals surface area contributed by atoms with E-state index in [2.05, 4.69) is 32.5 Å². The molecule has 2 aliphatic carbocycles. The summed E-state index contributed by atoms with van der Waals surface area (Å²) in [4.78, 5) is 28.4. The van der Waals surface area contributed by atoms with Crippen LogP contribution in [-0.2, 0) is 19.7 Å². The summed E-state index contributed by atoms with van der Waals surface area (Å²) >= 11 is 5.76. The molecule has 0 bridgehead atoms. The van der Waals surface area contributed by atoms with Crippen LogP contribution in [-0.4, -0.2) is 52.7 Å². The topological polar surface area (TPSA) is 84.4 Å². The summed E-state index contributed by atoms with van der Waals surface area (Å²) in [6.07, 6.45) is 9.14. The molecule has 0 spiro atoms. The Kier molecular flexibility index (Phi) is 7.87. The van der Waals surface area contributed by atoms with E-state index in [4.69, 9.17) is 16.3 Å². The third-order valence-electron chi connectivity index (χ3n) is 8.41. The van der Waals surface area contributed by atoms with Crippen molar-refractivity contribution in [1.29, 1.82) is 0 Å². The Balaban J connectivity index is 1.17. The molecule has 7 nitrogen and oxygen atoms in total. The number of carbonyl (C=O) groups excluding carboxylic acids is 2. The maximum atomic E-state index is 13.7. The minimum absolute atomic E-state index is 0.00976. The van der Waals surface area contributed by atoms with Crippen LogP contribution < -0.4 is 5.32 Å². The highest BCUT2D eigenvalue weighted by molar-refractivity contribution is 6.29. The number of ether oxygens (including phenoxy) is 1. The van der Waals surface area contributed by atoms with Crippen molar-refractivity contribution < 1.29 is 14.3 Å². The molecule has 5 rings (SSSR count). The zero-order chi connectivity index (χ0) is 25.0. The van der Waals surface area contributed by atoms with Gasteiger partial charge in [0.2, 0.25) is 5.91 Å². The van der Waals surface area contributed by atoms with E-state index in [0.717, 1.165) is 63.6 Å². The maximum Gasteiger partial charge on any atom is 0.316 e. The normalized spacial score (nSPS) is 26.0. The molecule has 2 unspecified atom stereocenters. The van der Waals surface area contributed by atoms with Gasteiger partial charge in [-0.3, -0.25) is 14.5 Å². The SMILES string of the molecule is O=C(CN1CCC2C[C@H](OC(=O)C3(c4ccccc4)CCCCCC3)C2CC1)Nc1ccc(Cl)nn1. The number of amides is 1. The summed E-state index contributed by atoms with van der Waals surface area (Å²) in [5.74, 6) is 1.20. The van der Waals surface area contributed by atoms with Crippen LogP contribution in [0.4, 0.5) is 5.82 Å². The average molecular weight is 511 g/mol. The van der Waals surface area contributed by atoms with Crippen molar-refractivity contribution >= 4 is 29.3 Å². The quantitative estimate of drug-likeness (QED) is 0.434. The molecular weight excluding hydrogens is 476 g/mol. The first-order valence-corrected chi connectivity index (χ1v) is 13.7. The van der Waals surface area contributed by atoms with Crippen LogP contribution in [0.15, 0.2) is 42.5 Å². The van der Waals surface area contributed by atoms with Crippen molar-refractivity contribution in [2.75, 3.05) is 25.0 Å². The number of rotatable bonds is 6. The molecule has 1 aromatic carbocycles. The van der Waals surface area contributed by atoms with Gasteiger partial charge < -0.3 is 10.1 Å². The molecular formula is C28H35ClN4O3. The minimum Gasteiger partial charge on any atom is -0.461 e. The lowest BCUT2D eigenvalue weighted by Crippen LogP contribution is -2.48. The standard InChI is InChI=1S/C28H35ClN4O3/c29-24-10-11-25(32-31-24)30-26(34)19-33-16-12-20-18-23(22(20)13-17-33)36-27(35)28(14-6-1-2-7-15-28)21-8-4-3-5-9-21/h3-5,8-11,20,22-23H,1-2,6-7,12-19H2,(H,30,32,34)/t20?,22?,23-/m0/s1. The highest BCUT2D eigenvalue weighted by atomic mass is 35.5. The van der Waals surface area contributed by atoms with Gasteiger partial charge in [-0.2, -0.15) is 0 Å². The van der Waals surface area contributed by atoms with Crippen LogP contribution in [0.3, 0.4) is 0 Å². The zero-order valence-corrected chi connectivity index (χ0v) is 21.5. The molecule has 1 aliphatic heterocycles. The predicted octanol–water partition coefficient (Wildman–Crippen LogP) is 5.00. The summed E-state index contributed by atoms with van der Waals surface area (Å²) in [5.41, 5.74) is 0.596. The first-order chi connectivity index (χ1) is 17.5. The number of aromatic nitrogens is 2. The monoisotopic (exact) mass is 510 g/mol. The number of hydrogen-bond acceptors (Lipinski definition) is 6. The molecule has 3 atom stereocenters. The van der Waals surface area contributed by atoms with Gasteiger partial charge in [0.25, 0.3) is 0 Å². The van der Waals surface area contributed by atoms with E-state index in [1.165, 1.54) is 12.8 Å². The molecule has 1 saturated heterocycles. The van der Waals surface area contributed by atoms with Crippen LogP contribution in [0.2, 0.25) is 5.15 Å². The lowest BCUT2D eigenvalue weighted by molar-refractivity contribution is -0.171. The number of esters is 1. The molecule has 2 heterocycles. The number of hydrogen-bond donors (Lipinski definition) is 1. The minimum atomic E-state index is -0.512. The Morgan fingerprint density at radius 3 is 2.47 bits per heavy atom. The molecule has 0 radical (unpaired) electrons. The van der Waals surface area contributed by atoms with Crippen LogP contribution in [0.25, 0.3) is 0 Å². The molecule has 8 heteroatoms. The van der Waals surface area contributed by atoms with Gasteiger partial charge in [0.1, 0.15) is 6.10 Å². The van der Waals surface area contributed by atoms with Gasteiger partial charge in [-0.15, -0.1) is 10.2 Å². The van der Waals surface area contributed by atoms with Gasteiger partial charge in [-0.25, -0.2) is 0 Å². The van der Waals surface area contributed by atoms with E-state index in [1.807, 2.05) is 18.2 Å². The molecule has 1 amide bonds. The average Bonchev–Trinajstić information content (AvgIpc) is 3.22. The smallest absolute Gasteiger partial charge is 0.316 e. The van der Waals surface area contributed by atoms with E-state index in [1.54, 1.807) is 12.1 Å². The van der Waals surface area contributed by atoms with Crippen molar-refractivity contribution in [2.24, 2.45) is 11.8 Å². The number of carbonyl (C=O) groups is 2. The van der Waals surface area contributed by atoms with Gasteiger partial charge >= 0.3 is 5.97 Å². The van der Waals surface area contributed by atoms with Gasteiger partial charge in [0, 0.05) is 5.92 Å². The second-order valence-electron chi connectivity index (χ2n) is 10.6. The second kappa shape index (κ2) is 11.3. The van der Waals surface area contributed by atoms with Crippen molar-refractivity contribution in [3.63, 3.8) is 0 Å². The molecule has 1 aromatic heterocycles. The number of halogens is 1. The summed E-state index contributed by atoms with van der Waals surface area (Å²) in [6, 6.07) is 13.5. The molecule has 1 N–H and O–H groups in total. The van der Waals surface area contributed by atoms with E-state index < -0.39 is 5.41 Å². The highest BCUT2D eigenvalue weighted by Gasteiger charge is 2.48. The van der Waals surface area contributed by atoms with Gasteiger partial charge in [0.05, 0.1) is 12.0 Å². The Hall–Kier alpha value is -2.51. The number of nitrogens with zero attached hydrogens (tertiary/aromatic N) is 3. The molecule has 192 valence electrons. The van der Waals surface area contributed by atoms with Gasteiger partial charge in [-0.05, 0) is 68.8 Å². The van der Waals surface area contributed by atoms with Gasteiger partial charge in [-0.1, -0.05) is 67.6 Å². The Bertz CT molecular complexity index is 1040. The molecule has 3 fully saturated rings. The third-order valence-corrected chi connectivity index (χ3v) is 8.61. The van der Waals surface area contributed by atoms with E-state index in [9.17, 15) is 9.59 Å². The summed E-state index contributed by atoms with van der Waals surface area (Å²) in [5, 5.41) is 10.7. The van der Waals surface area contributed by atoms with Crippen LogP contribution in [0, 0.1) is 11.8 Å². The van der Waals surface area contributed by atoms with E-state index in [0.29, 0.717) is 29.4 Å². The summed E-state index contributed by atoms with van der Waals surface area (Å²) in [7, 11) is 0. The van der Waals surface area contributed by atoms with Crippen molar-refractivity contribution in [1.82, 2.24) is 15.1 Å². The summed E-state index contributed by atoms with van der Waals surface area (Å²) < 4.78 is 6.31. The van der Waals surface area contributed by atoms with Crippen molar-refractivity contribution in [3.05, 3.63) is 53.2 Å². The second-order valence-corrected chi connectivity index (χ2v) is 11.0. The number of likely N-dealkylation sites (tertiary alicyclic amines) is 1. The largest absolute Gasteiger partial charge is 0.461 e. The highest BCUT2D eigenvalue weighted by Crippen LogP contribution is 2.46. The lowest BCUT2D eigenvalue weighted by atomic mass is 9.68. The lowest BCUT2D eigenvalue weighted by Gasteiger charge is -2.45. The van der Waals surface area contributed by atoms with Crippen LogP contribution >= 0.6 is 11.6 Å². The molecule has 2 aromatic rings.